The normalized spacial score (nSPS) is 9.33. The number of hydrogen-bond acceptors (Lipinski definition) is 5. The van der Waals surface area contributed by atoms with Crippen molar-refractivity contribution in [2.75, 3.05) is 26.4 Å². The SMILES string of the molecule is CCOC(=O)C(CO)=C(OCC)OCC. The Morgan fingerprint density at radius 3 is 1.80 bits per heavy atom. The number of carbonyl (C=O) groups is 1. The van der Waals surface area contributed by atoms with Gasteiger partial charge < -0.3 is 19.3 Å². The third-order valence-corrected chi connectivity index (χ3v) is 1.48. The molecule has 0 radical (unpaired) electrons. The predicted molar refractivity (Wildman–Crippen MR) is 54.0 cm³/mol. The second-order valence-corrected chi connectivity index (χ2v) is 2.51. The van der Waals surface area contributed by atoms with Crippen LogP contribution in [0.4, 0.5) is 0 Å². The van der Waals surface area contributed by atoms with Crippen LogP contribution in [-0.4, -0.2) is 37.5 Å². The lowest BCUT2D eigenvalue weighted by Crippen LogP contribution is -2.16. The van der Waals surface area contributed by atoms with Gasteiger partial charge in [0.05, 0.1) is 26.4 Å². The van der Waals surface area contributed by atoms with Crippen molar-refractivity contribution in [1.82, 2.24) is 0 Å². The topological polar surface area (TPSA) is 65.0 Å². The van der Waals surface area contributed by atoms with Gasteiger partial charge in [-0.3, -0.25) is 0 Å². The predicted octanol–water partition coefficient (Wildman–Crippen LogP) is 0.826. The Kier molecular flexibility index (Phi) is 7.44. The summed E-state index contributed by atoms with van der Waals surface area (Å²) in [6, 6.07) is 0. The lowest BCUT2D eigenvalue weighted by Gasteiger charge is -2.12. The lowest BCUT2D eigenvalue weighted by atomic mass is 10.3. The summed E-state index contributed by atoms with van der Waals surface area (Å²) >= 11 is 0. The van der Waals surface area contributed by atoms with Crippen LogP contribution in [0.2, 0.25) is 0 Å². The molecule has 0 unspecified atom stereocenters. The summed E-state index contributed by atoms with van der Waals surface area (Å²) in [5.74, 6) is -0.571. The van der Waals surface area contributed by atoms with Gasteiger partial charge in [0.1, 0.15) is 5.57 Å². The van der Waals surface area contributed by atoms with Crippen molar-refractivity contribution in [2.24, 2.45) is 0 Å². The Morgan fingerprint density at radius 2 is 1.47 bits per heavy atom. The monoisotopic (exact) mass is 218 g/mol. The molecule has 0 saturated carbocycles. The van der Waals surface area contributed by atoms with E-state index >= 15 is 0 Å². The van der Waals surface area contributed by atoms with Gasteiger partial charge in [0.2, 0.25) is 0 Å². The highest BCUT2D eigenvalue weighted by Crippen LogP contribution is 2.10. The fourth-order valence-corrected chi connectivity index (χ4v) is 0.909. The minimum absolute atomic E-state index is 0.0144. The van der Waals surface area contributed by atoms with E-state index in [0.717, 1.165) is 0 Å². The van der Waals surface area contributed by atoms with Gasteiger partial charge in [0.25, 0.3) is 5.95 Å². The van der Waals surface area contributed by atoms with Crippen LogP contribution in [0.15, 0.2) is 11.5 Å². The Bertz CT molecular complexity index is 214. The van der Waals surface area contributed by atoms with Crippen LogP contribution >= 0.6 is 0 Å². The van der Waals surface area contributed by atoms with E-state index in [1.807, 2.05) is 0 Å². The molecule has 0 amide bonds. The van der Waals surface area contributed by atoms with E-state index in [1.54, 1.807) is 20.8 Å². The molecule has 0 saturated heterocycles. The molecule has 0 aromatic heterocycles. The average molecular weight is 218 g/mol. The molecule has 0 fully saturated rings. The summed E-state index contributed by atoms with van der Waals surface area (Å²) in [5.41, 5.74) is 0.0144. The smallest absolute Gasteiger partial charge is 0.343 e. The summed E-state index contributed by atoms with van der Waals surface area (Å²) in [6.45, 7) is 5.71. The van der Waals surface area contributed by atoms with E-state index < -0.39 is 12.6 Å². The van der Waals surface area contributed by atoms with Crippen molar-refractivity contribution in [3.05, 3.63) is 11.5 Å². The quantitative estimate of drug-likeness (QED) is 0.389. The first kappa shape index (κ1) is 13.8. The highest BCUT2D eigenvalue weighted by molar-refractivity contribution is 5.88. The van der Waals surface area contributed by atoms with E-state index in [9.17, 15) is 4.79 Å². The molecule has 1 N–H and O–H groups in total. The fraction of sp³-hybridized carbons (Fsp3) is 0.700. The fourth-order valence-electron chi connectivity index (χ4n) is 0.909. The largest absolute Gasteiger partial charge is 0.465 e. The van der Waals surface area contributed by atoms with Crippen molar-refractivity contribution in [2.45, 2.75) is 20.8 Å². The van der Waals surface area contributed by atoms with Gasteiger partial charge >= 0.3 is 5.97 Å². The van der Waals surface area contributed by atoms with E-state index in [2.05, 4.69) is 0 Å². The van der Waals surface area contributed by atoms with Crippen LogP contribution in [0.3, 0.4) is 0 Å². The number of hydrogen-bond donors (Lipinski definition) is 1. The molecule has 0 aliphatic rings. The van der Waals surface area contributed by atoms with E-state index in [0.29, 0.717) is 13.2 Å². The minimum Gasteiger partial charge on any atom is -0.465 e. The average Bonchev–Trinajstić information content (AvgIpc) is 2.20. The highest BCUT2D eigenvalue weighted by Gasteiger charge is 2.18. The molecular weight excluding hydrogens is 200 g/mol. The van der Waals surface area contributed by atoms with Crippen molar-refractivity contribution in [3.63, 3.8) is 0 Å². The summed E-state index contributed by atoms with van der Waals surface area (Å²) < 4.78 is 15.0. The molecule has 0 aromatic rings. The molecule has 0 aromatic carbocycles. The number of carbonyl (C=O) groups excluding carboxylic acids is 1. The summed E-state index contributed by atoms with van der Waals surface area (Å²) in [7, 11) is 0. The molecule has 5 heteroatoms. The molecule has 0 rings (SSSR count). The molecule has 88 valence electrons. The second kappa shape index (κ2) is 8.11. The maximum atomic E-state index is 11.4. The molecule has 0 aliphatic carbocycles. The Balaban J connectivity index is 4.76. The van der Waals surface area contributed by atoms with E-state index in [4.69, 9.17) is 19.3 Å². The lowest BCUT2D eigenvalue weighted by molar-refractivity contribution is -0.139. The Labute approximate surface area is 89.6 Å². The Hall–Kier alpha value is -1.23. The number of aliphatic hydroxyl groups excluding tert-OH is 1. The van der Waals surface area contributed by atoms with Gasteiger partial charge in [-0.2, -0.15) is 0 Å². The number of ether oxygens (including phenoxy) is 3. The first-order chi connectivity index (χ1) is 7.21. The first-order valence-electron chi connectivity index (χ1n) is 4.97. The molecule has 0 heterocycles. The number of rotatable bonds is 7. The molecule has 0 bridgehead atoms. The van der Waals surface area contributed by atoms with E-state index in [1.165, 1.54) is 0 Å². The standard InChI is InChI=1S/C10H18O5/c1-4-13-9(12)8(7-11)10(14-5-2)15-6-3/h11H,4-7H2,1-3H3. The van der Waals surface area contributed by atoms with Crippen LogP contribution in [0, 0.1) is 0 Å². The summed E-state index contributed by atoms with van der Waals surface area (Å²) in [4.78, 5) is 11.4. The van der Waals surface area contributed by atoms with Gasteiger partial charge in [0, 0.05) is 0 Å². The number of aliphatic hydroxyl groups is 1. The Morgan fingerprint density at radius 1 is 1.00 bits per heavy atom. The van der Waals surface area contributed by atoms with Gasteiger partial charge in [0.15, 0.2) is 0 Å². The third-order valence-electron chi connectivity index (χ3n) is 1.48. The maximum absolute atomic E-state index is 11.4. The minimum atomic E-state index is -0.614. The second-order valence-electron chi connectivity index (χ2n) is 2.51. The van der Waals surface area contributed by atoms with Crippen LogP contribution < -0.4 is 0 Å². The van der Waals surface area contributed by atoms with Crippen LogP contribution in [0.1, 0.15) is 20.8 Å². The van der Waals surface area contributed by atoms with Crippen molar-refractivity contribution in [1.29, 1.82) is 0 Å². The molecule has 0 aliphatic heterocycles. The molecular formula is C10H18O5. The zero-order valence-corrected chi connectivity index (χ0v) is 9.41. The van der Waals surface area contributed by atoms with Gasteiger partial charge in [-0.1, -0.05) is 0 Å². The van der Waals surface area contributed by atoms with Gasteiger partial charge in [-0.05, 0) is 20.8 Å². The third kappa shape index (κ3) is 4.69. The van der Waals surface area contributed by atoms with Crippen LogP contribution in [-0.2, 0) is 19.0 Å². The van der Waals surface area contributed by atoms with Crippen molar-refractivity contribution in [3.8, 4) is 0 Å². The zero-order valence-electron chi connectivity index (χ0n) is 9.41. The number of esters is 1. The first-order valence-corrected chi connectivity index (χ1v) is 4.97. The van der Waals surface area contributed by atoms with Gasteiger partial charge in [-0.25, -0.2) is 4.79 Å². The van der Waals surface area contributed by atoms with Crippen molar-refractivity contribution < 1.29 is 24.1 Å². The van der Waals surface area contributed by atoms with Crippen LogP contribution in [0.25, 0.3) is 0 Å². The van der Waals surface area contributed by atoms with Gasteiger partial charge in [-0.15, -0.1) is 0 Å². The zero-order chi connectivity index (χ0) is 11.7. The van der Waals surface area contributed by atoms with E-state index in [-0.39, 0.29) is 18.1 Å². The maximum Gasteiger partial charge on any atom is 0.343 e. The molecule has 0 atom stereocenters. The molecule has 0 spiro atoms. The van der Waals surface area contributed by atoms with Crippen LogP contribution in [0.5, 0.6) is 0 Å². The van der Waals surface area contributed by atoms with Crippen molar-refractivity contribution >= 4 is 5.97 Å². The summed E-state index contributed by atoms with van der Waals surface area (Å²) in [6.07, 6.45) is 0. The summed E-state index contributed by atoms with van der Waals surface area (Å²) in [5, 5.41) is 9.03. The highest BCUT2D eigenvalue weighted by atomic mass is 16.7. The molecule has 5 nitrogen and oxygen atoms in total. The molecule has 15 heavy (non-hydrogen) atoms.